The third-order valence-electron chi connectivity index (χ3n) is 3.98. The molecule has 0 aliphatic rings. The number of carbonyl (C=O) groups excluding carboxylic acids is 1. The number of hydrogen-bond acceptors (Lipinski definition) is 3. The van der Waals surface area contributed by atoms with E-state index < -0.39 is 6.09 Å². The smallest absolute Gasteiger partial charge is 0.411 e. The first kappa shape index (κ1) is 19.0. The van der Waals surface area contributed by atoms with E-state index in [2.05, 4.69) is 47.2 Å². The van der Waals surface area contributed by atoms with Crippen LogP contribution in [-0.2, 0) is 24.0 Å². The Morgan fingerprint density at radius 1 is 1.20 bits per heavy atom. The van der Waals surface area contributed by atoms with Crippen molar-refractivity contribution in [3.05, 3.63) is 63.1 Å². The van der Waals surface area contributed by atoms with Crippen LogP contribution < -0.4 is 5.32 Å². The van der Waals surface area contributed by atoms with E-state index in [1.807, 2.05) is 6.07 Å². The second-order valence-corrected chi connectivity index (χ2v) is 6.53. The minimum Gasteiger partial charge on any atom is -0.449 e. The minimum absolute atomic E-state index is 0.311. The van der Waals surface area contributed by atoms with Crippen molar-refractivity contribution >= 4 is 27.7 Å². The van der Waals surface area contributed by atoms with E-state index in [0.717, 1.165) is 17.3 Å². The molecule has 25 heavy (non-hydrogen) atoms. The van der Waals surface area contributed by atoms with Gasteiger partial charge in [-0.15, -0.1) is 0 Å². The Morgan fingerprint density at radius 3 is 2.48 bits per heavy atom. The van der Waals surface area contributed by atoms with Gasteiger partial charge in [-0.3, -0.25) is 5.32 Å². The summed E-state index contributed by atoms with van der Waals surface area (Å²) in [4.78, 5) is 11.9. The van der Waals surface area contributed by atoms with Gasteiger partial charge in [-0.1, -0.05) is 35.8 Å². The molecule has 0 saturated carbocycles. The average molecular weight is 401 g/mol. The van der Waals surface area contributed by atoms with Crippen molar-refractivity contribution in [1.29, 1.82) is 5.26 Å². The van der Waals surface area contributed by atoms with Crippen molar-refractivity contribution in [1.82, 2.24) is 0 Å². The number of ether oxygens (including phenoxy) is 1. The highest BCUT2D eigenvalue weighted by Crippen LogP contribution is 2.23. The van der Waals surface area contributed by atoms with Gasteiger partial charge in [-0.2, -0.15) is 5.26 Å². The molecule has 130 valence electrons. The molecular weight excluding hydrogens is 380 g/mol. The van der Waals surface area contributed by atoms with Crippen molar-refractivity contribution in [3.8, 4) is 6.07 Å². The molecule has 0 saturated heterocycles. The normalized spacial score (nSPS) is 10.2. The number of rotatable bonds is 6. The van der Waals surface area contributed by atoms with Gasteiger partial charge < -0.3 is 4.74 Å². The molecule has 0 bridgehead atoms. The van der Waals surface area contributed by atoms with Crippen LogP contribution in [0.15, 0.2) is 40.9 Å². The molecule has 4 nitrogen and oxygen atoms in total. The van der Waals surface area contributed by atoms with E-state index in [9.17, 15) is 4.79 Å². The molecule has 2 aromatic carbocycles. The number of nitrogens with zero attached hydrogens (tertiary/aromatic N) is 1. The van der Waals surface area contributed by atoms with Gasteiger partial charge in [0.05, 0.1) is 18.2 Å². The fraction of sp³-hybridized carbons (Fsp3) is 0.300. The lowest BCUT2D eigenvalue weighted by atomic mass is 9.95. The third kappa shape index (κ3) is 5.33. The molecule has 0 unspecified atom stereocenters. The van der Waals surface area contributed by atoms with Crippen LogP contribution in [0.1, 0.15) is 36.1 Å². The first-order valence-corrected chi connectivity index (χ1v) is 9.10. The topological polar surface area (TPSA) is 62.1 Å². The summed E-state index contributed by atoms with van der Waals surface area (Å²) in [6.07, 6.45) is 2.05. The molecule has 1 amide bonds. The lowest BCUT2D eigenvalue weighted by Crippen LogP contribution is -2.16. The van der Waals surface area contributed by atoms with Crippen LogP contribution >= 0.6 is 15.9 Å². The molecule has 0 fully saturated rings. The van der Waals surface area contributed by atoms with Crippen LogP contribution in [0.4, 0.5) is 10.5 Å². The summed E-state index contributed by atoms with van der Waals surface area (Å²) in [5.41, 5.74) is 4.85. The monoisotopic (exact) mass is 400 g/mol. The summed E-state index contributed by atoms with van der Waals surface area (Å²) in [7, 11) is 0. The summed E-state index contributed by atoms with van der Waals surface area (Å²) in [6, 6.07) is 13.0. The molecule has 2 aromatic rings. The Kier molecular flexibility index (Phi) is 7.03. The summed E-state index contributed by atoms with van der Waals surface area (Å²) >= 11 is 3.55. The number of hydrogen-bond donors (Lipinski definition) is 1. The highest BCUT2D eigenvalue weighted by Gasteiger charge is 2.10. The fourth-order valence-electron chi connectivity index (χ4n) is 2.77. The largest absolute Gasteiger partial charge is 0.449 e. The summed E-state index contributed by atoms with van der Waals surface area (Å²) in [5.74, 6) is 0. The summed E-state index contributed by atoms with van der Waals surface area (Å²) in [5, 5.41) is 11.5. The number of carbonyl (C=O) groups is 1. The van der Waals surface area contributed by atoms with Gasteiger partial charge in [-0.05, 0) is 59.9 Å². The molecule has 0 atom stereocenters. The Hall–Kier alpha value is -2.32. The van der Waals surface area contributed by atoms with Gasteiger partial charge in [0.15, 0.2) is 0 Å². The third-order valence-corrected chi connectivity index (χ3v) is 4.44. The zero-order valence-corrected chi connectivity index (χ0v) is 16.0. The van der Waals surface area contributed by atoms with Crippen molar-refractivity contribution in [2.75, 3.05) is 11.9 Å². The van der Waals surface area contributed by atoms with E-state index in [-0.39, 0.29) is 0 Å². The van der Waals surface area contributed by atoms with E-state index >= 15 is 0 Å². The number of benzene rings is 2. The van der Waals surface area contributed by atoms with E-state index in [4.69, 9.17) is 10.00 Å². The van der Waals surface area contributed by atoms with Crippen LogP contribution in [-0.4, -0.2) is 12.7 Å². The molecule has 5 heteroatoms. The number of amides is 1. The standard InChI is InChI=1S/C20H21BrN2O2/c1-3-15-11-17(21)12-16(4-2)19(15)8-9-25-20(24)23-18-7-5-6-14(10-18)13-22/h5-7,10-12H,3-4,8-9H2,1-2H3,(H,23,24). The van der Waals surface area contributed by atoms with E-state index in [0.29, 0.717) is 24.3 Å². The first-order chi connectivity index (χ1) is 12.1. The Bertz CT molecular complexity index is 772. The van der Waals surface area contributed by atoms with Crippen LogP contribution in [0.2, 0.25) is 0 Å². The van der Waals surface area contributed by atoms with Gasteiger partial charge in [0.2, 0.25) is 0 Å². The molecule has 0 aliphatic carbocycles. The minimum atomic E-state index is -0.511. The lowest BCUT2D eigenvalue weighted by molar-refractivity contribution is 0.163. The number of nitrogens with one attached hydrogen (secondary N) is 1. The van der Waals surface area contributed by atoms with Crippen molar-refractivity contribution in [2.45, 2.75) is 33.1 Å². The average Bonchev–Trinajstić information content (AvgIpc) is 2.62. The fourth-order valence-corrected chi connectivity index (χ4v) is 3.33. The molecule has 0 spiro atoms. The number of anilines is 1. The van der Waals surface area contributed by atoms with Crippen LogP contribution in [0.25, 0.3) is 0 Å². The van der Waals surface area contributed by atoms with Crippen LogP contribution in [0, 0.1) is 11.3 Å². The maximum Gasteiger partial charge on any atom is 0.411 e. The molecule has 0 aliphatic heterocycles. The highest BCUT2D eigenvalue weighted by atomic mass is 79.9. The van der Waals surface area contributed by atoms with Gasteiger partial charge in [-0.25, -0.2) is 4.79 Å². The number of nitriles is 1. The van der Waals surface area contributed by atoms with Gasteiger partial charge in [0, 0.05) is 16.6 Å². The Labute approximate surface area is 156 Å². The van der Waals surface area contributed by atoms with Gasteiger partial charge >= 0.3 is 6.09 Å². The van der Waals surface area contributed by atoms with Gasteiger partial charge in [0.25, 0.3) is 0 Å². The van der Waals surface area contributed by atoms with Crippen molar-refractivity contribution in [3.63, 3.8) is 0 Å². The predicted octanol–water partition coefficient (Wildman–Crippen LogP) is 5.24. The van der Waals surface area contributed by atoms with Crippen molar-refractivity contribution < 1.29 is 9.53 Å². The predicted molar refractivity (Wildman–Crippen MR) is 103 cm³/mol. The zero-order valence-electron chi connectivity index (χ0n) is 14.4. The Balaban J connectivity index is 1.96. The number of halogens is 1. The number of aryl methyl sites for hydroxylation is 2. The van der Waals surface area contributed by atoms with Gasteiger partial charge in [0.1, 0.15) is 0 Å². The second kappa shape index (κ2) is 9.24. The maximum absolute atomic E-state index is 11.9. The molecule has 0 heterocycles. The van der Waals surface area contributed by atoms with Crippen LogP contribution in [0.5, 0.6) is 0 Å². The highest BCUT2D eigenvalue weighted by molar-refractivity contribution is 9.10. The molecule has 2 rings (SSSR count). The molecular formula is C20H21BrN2O2. The Morgan fingerprint density at radius 2 is 1.88 bits per heavy atom. The maximum atomic E-state index is 11.9. The zero-order chi connectivity index (χ0) is 18.2. The molecule has 0 radical (unpaired) electrons. The lowest BCUT2D eigenvalue weighted by Gasteiger charge is -2.14. The first-order valence-electron chi connectivity index (χ1n) is 8.31. The summed E-state index contributed by atoms with van der Waals surface area (Å²) in [6.45, 7) is 4.56. The summed E-state index contributed by atoms with van der Waals surface area (Å²) < 4.78 is 6.39. The molecule has 1 N–H and O–H groups in total. The molecule has 0 aromatic heterocycles. The quantitative estimate of drug-likeness (QED) is 0.720. The SMILES string of the molecule is CCc1cc(Br)cc(CC)c1CCOC(=O)Nc1cccc(C#N)c1. The van der Waals surface area contributed by atoms with E-state index in [1.165, 1.54) is 16.7 Å². The second-order valence-electron chi connectivity index (χ2n) is 5.61. The van der Waals surface area contributed by atoms with E-state index in [1.54, 1.807) is 24.3 Å². The van der Waals surface area contributed by atoms with Crippen molar-refractivity contribution in [2.24, 2.45) is 0 Å². The van der Waals surface area contributed by atoms with Crippen LogP contribution in [0.3, 0.4) is 0 Å².